The summed E-state index contributed by atoms with van der Waals surface area (Å²) in [6.07, 6.45) is 8.63. The first-order chi connectivity index (χ1) is 16.9. The van der Waals surface area contributed by atoms with E-state index < -0.39 is 6.04 Å². The molecule has 0 aromatic heterocycles. The van der Waals surface area contributed by atoms with E-state index in [1.54, 1.807) is 12.1 Å². The van der Waals surface area contributed by atoms with Gasteiger partial charge in [0.15, 0.2) is 0 Å². The zero-order valence-electron chi connectivity index (χ0n) is 20.8. The second kappa shape index (κ2) is 10.4. The van der Waals surface area contributed by atoms with Crippen LogP contribution in [0, 0.1) is 17.7 Å². The molecule has 4 aliphatic rings. The van der Waals surface area contributed by atoms with Crippen molar-refractivity contribution in [3.8, 4) is 0 Å². The molecule has 6 nitrogen and oxygen atoms in total. The molecule has 2 N–H and O–H groups in total. The molecule has 3 heterocycles. The monoisotopic (exact) mass is 483 g/mol. The molecule has 0 radical (unpaired) electrons. The predicted octanol–water partition coefficient (Wildman–Crippen LogP) is 4.08. The minimum absolute atomic E-state index is 0.158. The van der Waals surface area contributed by atoms with Gasteiger partial charge in [-0.15, -0.1) is 0 Å². The molecule has 0 spiro atoms. The smallest absolute Gasteiger partial charge is 0.255 e. The first kappa shape index (κ1) is 24.4. The lowest BCUT2D eigenvalue weighted by Crippen LogP contribution is -2.49. The average molecular weight is 484 g/mol. The molecule has 3 fully saturated rings. The highest BCUT2D eigenvalue weighted by molar-refractivity contribution is 6.01. The van der Waals surface area contributed by atoms with Gasteiger partial charge in [0.2, 0.25) is 5.91 Å². The molecular weight excluding hydrogens is 445 g/mol. The van der Waals surface area contributed by atoms with Crippen LogP contribution in [0.5, 0.6) is 0 Å². The maximum Gasteiger partial charge on any atom is 0.255 e. The third-order valence-corrected chi connectivity index (χ3v) is 8.68. The normalized spacial score (nSPS) is 28.7. The van der Waals surface area contributed by atoms with E-state index in [-0.39, 0.29) is 24.2 Å². The second-order valence-corrected chi connectivity index (χ2v) is 10.9. The average Bonchev–Trinajstić information content (AvgIpc) is 3.19. The van der Waals surface area contributed by atoms with Crippen LogP contribution in [0.15, 0.2) is 24.4 Å². The summed E-state index contributed by atoms with van der Waals surface area (Å²) in [5, 5.41) is 6.65. The number of carbonyl (C=O) groups is 2. The number of halogens is 1. The molecule has 0 bridgehead atoms. The minimum Gasteiger partial charge on any atom is -0.381 e. The number of ether oxygens (including phenoxy) is 1. The SMILES string of the molecule is C=C1CCC(N2Cc3c(ccc(C[C@H]4CCCC[C@@H]4N[C@H](C)C4CCOCC4)c3F)C2=O)C(=O)N1. The van der Waals surface area contributed by atoms with Gasteiger partial charge in [-0.25, -0.2) is 4.39 Å². The minimum atomic E-state index is -0.568. The van der Waals surface area contributed by atoms with Crippen molar-refractivity contribution in [1.29, 1.82) is 0 Å². The van der Waals surface area contributed by atoms with Gasteiger partial charge in [-0.2, -0.15) is 0 Å². The van der Waals surface area contributed by atoms with Gasteiger partial charge in [0, 0.05) is 42.1 Å². The van der Waals surface area contributed by atoms with Gasteiger partial charge < -0.3 is 20.3 Å². The number of nitrogens with one attached hydrogen (secondary N) is 2. The van der Waals surface area contributed by atoms with E-state index >= 15 is 4.39 Å². The van der Waals surface area contributed by atoms with E-state index in [1.165, 1.54) is 17.7 Å². The van der Waals surface area contributed by atoms with Crippen molar-refractivity contribution < 1.29 is 18.7 Å². The number of carbonyl (C=O) groups excluding carboxylic acids is 2. The Morgan fingerprint density at radius 1 is 1.17 bits per heavy atom. The van der Waals surface area contributed by atoms with E-state index in [1.807, 2.05) is 0 Å². The fourth-order valence-electron chi connectivity index (χ4n) is 6.53. The van der Waals surface area contributed by atoms with Crippen LogP contribution in [0.2, 0.25) is 0 Å². The number of piperidine rings is 1. The topological polar surface area (TPSA) is 70.7 Å². The fraction of sp³-hybridized carbons (Fsp3) is 0.643. The Hall–Kier alpha value is -2.25. The predicted molar refractivity (Wildman–Crippen MR) is 132 cm³/mol. The van der Waals surface area contributed by atoms with E-state index in [0.717, 1.165) is 38.9 Å². The molecule has 5 rings (SSSR count). The quantitative estimate of drug-likeness (QED) is 0.640. The fourth-order valence-corrected chi connectivity index (χ4v) is 6.53. The number of fused-ring (bicyclic) bond motifs is 1. The molecule has 2 amide bonds. The van der Waals surface area contributed by atoms with E-state index in [2.05, 4.69) is 24.1 Å². The highest BCUT2D eigenvalue weighted by Crippen LogP contribution is 2.34. The summed E-state index contributed by atoms with van der Waals surface area (Å²) < 4.78 is 21.3. The van der Waals surface area contributed by atoms with Crippen LogP contribution >= 0.6 is 0 Å². The van der Waals surface area contributed by atoms with Crippen LogP contribution in [0.4, 0.5) is 4.39 Å². The third kappa shape index (κ3) is 5.03. The molecule has 7 heteroatoms. The van der Waals surface area contributed by atoms with Crippen LogP contribution in [0.25, 0.3) is 0 Å². The van der Waals surface area contributed by atoms with E-state index in [4.69, 9.17) is 4.74 Å². The molecule has 3 aliphatic heterocycles. The van der Waals surface area contributed by atoms with E-state index in [9.17, 15) is 9.59 Å². The largest absolute Gasteiger partial charge is 0.381 e. The number of nitrogens with zero attached hydrogens (tertiary/aromatic N) is 1. The lowest BCUT2D eigenvalue weighted by Gasteiger charge is -2.38. The van der Waals surface area contributed by atoms with Crippen molar-refractivity contribution in [3.05, 3.63) is 46.9 Å². The Labute approximate surface area is 207 Å². The number of hydrogen-bond acceptors (Lipinski definition) is 4. The van der Waals surface area contributed by atoms with Gasteiger partial charge in [-0.05, 0) is 75.3 Å². The Kier molecular flexibility index (Phi) is 7.26. The molecule has 1 aliphatic carbocycles. The van der Waals surface area contributed by atoms with Gasteiger partial charge in [-0.1, -0.05) is 25.5 Å². The highest BCUT2D eigenvalue weighted by atomic mass is 19.1. The standard InChI is InChI=1S/C28H38FN3O3/c1-17-7-10-25(27(33)30-17)32-16-23-22(28(32)34)9-8-21(26(23)29)15-20-5-3-4-6-24(20)31-18(2)19-11-13-35-14-12-19/h8-9,18-20,24-25,31H,1,3-7,10-16H2,2H3,(H,30,33)/t18-,20-,24+,25?/m1/s1. The van der Waals surface area contributed by atoms with Gasteiger partial charge in [-0.3, -0.25) is 9.59 Å². The van der Waals surface area contributed by atoms with Crippen LogP contribution in [0.3, 0.4) is 0 Å². The molecule has 1 saturated carbocycles. The second-order valence-electron chi connectivity index (χ2n) is 10.9. The van der Waals surface area contributed by atoms with E-state index in [0.29, 0.717) is 65.6 Å². The Bertz CT molecular complexity index is 990. The third-order valence-electron chi connectivity index (χ3n) is 8.68. The van der Waals surface area contributed by atoms with Crippen LogP contribution in [0.1, 0.15) is 79.8 Å². The Morgan fingerprint density at radius 2 is 1.94 bits per heavy atom. The molecule has 4 atom stereocenters. The van der Waals surface area contributed by atoms with Crippen molar-refractivity contribution >= 4 is 11.8 Å². The summed E-state index contributed by atoms with van der Waals surface area (Å²) in [6.45, 7) is 7.94. The number of amides is 2. The summed E-state index contributed by atoms with van der Waals surface area (Å²) in [5.41, 5.74) is 2.21. The molecule has 2 saturated heterocycles. The maximum atomic E-state index is 15.8. The molecule has 1 aromatic carbocycles. The lowest BCUT2D eigenvalue weighted by atomic mass is 9.79. The molecular formula is C28H38FN3O3. The van der Waals surface area contributed by atoms with Crippen molar-refractivity contribution in [1.82, 2.24) is 15.5 Å². The van der Waals surface area contributed by atoms with Crippen molar-refractivity contribution in [2.45, 2.75) is 89.4 Å². The lowest BCUT2D eigenvalue weighted by molar-refractivity contribution is -0.126. The number of hydrogen-bond donors (Lipinski definition) is 2. The molecule has 35 heavy (non-hydrogen) atoms. The van der Waals surface area contributed by atoms with Crippen molar-refractivity contribution in [3.63, 3.8) is 0 Å². The van der Waals surface area contributed by atoms with Crippen LogP contribution in [-0.2, 0) is 22.5 Å². The summed E-state index contributed by atoms with van der Waals surface area (Å²) in [4.78, 5) is 27.0. The first-order valence-corrected chi connectivity index (χ1v) is 13.4. The Morgan fingerprint density at radius 3 is 2.71 bits per heavy atom. The van der Waals surface area contributed by atoms with Crippen molar-refractivity contribution in [2.75, 3.05) is 13.2 Å². The number of rotatable bonds is 6. The molecule has 1 unspecified atom stereocenters. The van der Waals surface area contributed by atoms with Gasteiger partial charge in [0.05, 0.1) is 6.54 Å². The Balaban J connectivity index is 1.28. The molecule has 1 aromatic rings. The zero-order valence-corrected chi connectivity index (χ0v) is 20.8. The number of benzene rings is 1. The van der Waals surface area contributed by atoms with Gasteiger partial charge in [0.25, 0.3) is 5.91 Å². The maximum absolute atomic E-state index is 15.8. The number of allylic oxidation sites excluding steroid dienone is 1. The summed E-state index contributed by atoms with van der Waals surface area (Å²) in [5.74, 6) is 0.273. The zero-order chi connectivity index (χ0) is 24.5. The summed E-state index contributed by atoms with van der Waals surface area (Å²) in [7, 11) is 0. The molecule has 190 valence electrons. The highest BCUT2D eigenvalue weighted by Gasteiger charge is 2.40. The van der Waals surface area contributed by atoms with Crippen LogP contribution in [-0.4, -0.2) is 48.1 Å². The summed E-state index contributed by atoms with van der Waals surface area (Å²) in [6, 6.07) is 3.81. The van der Waals surface area contributed by atoms with Gasteiger partial charge in [0.1, 0.15) is 11.9 Å². The summed E-state index contributed by atoms with van der Waals surface area (Å²) >= 11 is 0. The van der Waals surface area contributed by atoms with Crippen molar-refractivity contribution in [2.24, 2.45) is 11.8 Å². The van der Waals surface area contributed by atoms with Crippen LogP contribution < -0.4 is 10.6 Å². The first-order valence-electron chi connectivity index (χ1n) is 13.4. The van der Waals surface area contributed by atoms with Gasteiger partial charge >= 0.3 is 0 Å².